The minimum absolute atomic E-state index is 0. The molecule has 2 aliphatic carbocycles. The van der Waals surface area contributed by atoms with Crippen molar-refractivity contribution in [3.8, 4) is 0 Å². The summed E-state index contributed by atoms with van der Waals surface area (Å²) in [5.41, 5.74) is 5.91. The van der Waals surface area contributed by atoms with Crippen LogP contribution in [0.4, 0.5) is 10.5 Å². The Labute approximate surface area is 221 Å². The molecule has 0 saturated carbocycles. The first kappa shape index (κ1) is 23.2. The fourth-order valence-corrected chi connectivity index (χ4v) is 7.10. The van der Waals surface area contributed by atoms with Gasteiger partial charge in [-0.25, -0.2) is 9.52 Å². The van der Waals surface area contributed by atoms with Gasteiger partial charge in [0, 0.05) is 82.2 Å². The van der Waals surface area contributed by atoms with Crippen molar-refractivity contribution in [3.05, 3.63) is 28.3 Å². The van der Waals surface area contributed by atoms with E-state index >= 15 is 0 Å². The van der Waals surface area contributed by atoms with Gasteiger partial charge in [-0.15, -0.1) is 0 Å². The number of rotatable bonds is 4. The van der Waals surface area contributed by atoms with Gasteiger partial charge in [0.05, 0.1) is 0 Å². The number of nitrogens with one attached hydrogen (secondary N) is 2. The average molecular weight is 458 g/mol. The first-order chi connectivity index (χ1) is 14.0. The Hall–Kier alpha value is -0.00364. The third-order valence-electron chi connectivity index (χ3n) is 7.24. The molecule has 5 rings (SSSR count). The van der Waals surface area contributed by atoms with Gasteiger partial charge in [0.1, 0.15) is 0 Å². The number of anilines is 1. The van der Waals surface area contributed by atoms with E-state index in [1.807, 2.05) is 0 Å². The maximum absolute atomic E-state index is 12.9. The maximum atomic E-state index is 12.9. The average Bonchev–Trinajstić information content (AvgIpc) is 3.38. The zero-order valence-electron chi connectivity index (χ0n) is 18.0. The van der Waals surface area contributed by atoms with E-state index in [0.717, 1.165) is 63.6 Å². The first-order valence-corrected chi connectivity index (χ1v) is 12.4. The number of nitrogens with zero attached hydrogens (tertiary/aromatic N) is 2. The minimum Gasteiger partial charge on any atom is -0.307 e. The molecule has 2 fully saturated rings. The maximum Gasteiger partial charge on any atom is 0.333 e. The SMILES string of the molecule is CCN1C2CCC1CN(S(=O)(=O)NC(=O)Nc1c3c(cc4c1CCC4)CCC3)C2.[K]. The van der Waals surface area contributed by atoms with Crippen LogP contribution in [0.1, 0.15) is 54.9 Å². The minimum atomic E-state index is -3.84. The Morgan fingerprint density at radius 3 is 2.13 bits per heavy atom. The van der Waals surface area contributed by atoms with E-state index in [-0.39, 0.29) is 63.5 Å². The van der Waals surface area contributed by atoms with Crippen LogP contribution < -0.4 is 10.0 Å². The number of hydrogen-bond acceptors (Lipinski definition) is 4. The van der Waals surface area contributed by atoms with E-state index in [1.54, 1.807) is 0 Å². The molecule has 30 heavy (non-hydrogen) atoms. The van der Waals surface area contributed by atoms with Crippen LogP contribution in [0.25, 0.3) is 0 Å². The summed E-state index contributed by atoms with van der Waals surface area (Å²) in [5.74, 6) is 0. The second-order valence-electron chi connectivity index (χ2n) is 8.83. The van der Waals surface area contributed by atoms with E-state index in [2.05, 4.69) is 27.9 Å². The first-order valence-electron chi connectivity index (χ1n) is 11.0. The second-order valence-corrected chi connectivity index (χ2v) is 10.5. The molecular formula is C21H30KN4O3S. The van der Waals surface area contributed by atoms with Crippen molar-refractivity contribution in [1.29, 1.82) is 0 Å². The van der Waals surface area contributed by atoms with Crippen LogP contribution >= 0.6 is 0 Å². The van der Waals surface area contributed by atoms with Gasteiger partial charge >= 0.3 is 16.2 Å². The summed E-state index contributed by atoms with van der Waals surface area (Å²) in [6, 6.07) is 2.19. The molecule has 2 amide bonds. The molecule has 4 aliphatic rings. The summed E-state index contributed by atoms with van der Waals surface area (Å²) >= 11 is 0. The van der Waals surface area contributed by atoms with Gasteiger partial charge in [0.25, 0.3) is 0 Å². The van der Waals surface area contributed by atoms with Crippen molar-refractivity contribution in [2.45, 2.75) is 70.4 Å². The van der Waals surface area contributed by atoms with Crippen molar-refractivity contribution < 1.29 is 13.2 Å². The number of piperazine rings is 1. The third kappa shape index (κ3) is 4.16. The Kier molecular flexibility index (Phi) is 7.02. The molecule has 1 aromatic carbocycles. The zero-order valence-corrected chi connectivity index (χ0v) is 22.0. The number of likely N-dealkylation sites (N-methyl/N-ethyl adjacent to an activating group) is 1. The van der Waals surface area contributed by atoms with E-state index in [0.29, 0.717) is 13.1 Å². The quantitative estimate of drug-likeness (QED) is 0.676. The Balaban J connectivity index is 0.00000218. The van der Waals surface area contributed by atoms with Gasteiger partial charge in [-0.3, -0.25) is 4.90 Å². The van der Waals surface area contributed by atoms with Crippen molar-refractivity contribution in [3.63, 3.8) is 0 Å². The Morgan fingerprint density at radius 1 is 1.03 bits per heavy atom. The fourth-order valence-electron chi connectivity index (χ4n) is 5.95. The van der Waals surface area contributed by atoms with Crippen molar-refractivity contribution in [1.82, 2.24) is 13.9 Å². The molecule has 2 bridgehead atoms. The number of fused-ring (bicyclic) bond motifs is 4. The molecule has 0 aromatic heterocycles. The fraction of sp³-hybridized carbons (Fsp3) is 0.667. The normalized spacial score (nSPS) is 25.5. The predicted octanol–water partition coefficient (Wildman–Crippen LogP) is 1.82. The van der Waals surface area contributed by atoms with Crippen LogP contribution in [0.5, 0.6) is 0 Å². The smallest absolute Gasteiger partial charge is 0.307 e. The number of carbonyl (C=O) groups is 1. The number of urea groups is 1. The summed E-state index contributed by atoms with van der Waals surface area (Å²) in [6.07, 6.45) is 8.23. The molecule has 0 spiro atoms. The van der Waals surface area contributed by atoms with Gasteiger partial charge in [-0.2, -0.15) is 12.7 Å². The summed E-state index contributed by atoms with van der Waals surface area (Å²) in [6.45, 7) is 3.99. The standard InChI is InChI=1S/C21H30N4O3S.K/c1-2-25-16-9-10-17(25)13-24(12-16)29(27,28)23-21(26)22-20-18-7-3-5-14(18)11-15-6-4-8-19(15)20;/h11,16-17H,2-10,12-13H2,1H3,(H2,22,23,26);. The molecule has 9 heteroatoms. The van der Waals surface area contributed by atoms with Gasteiger partial charge in [-0.1, -0.05) is 13.0 Å². The monoisotopic (exact) mass is 457 g/mol. The van der Waals surface area contributed by atoms with Crippen LogP contribution in [0.2, 0.25) is 0 Å². The van der Waals surface area contributed by atoms with E-state index < -0.39 is 16.2 Å². The van der Waals surface area contributed by atoms with E-state index in [1.165, 1.54) is 26.6 Å². The Morgan fingerprint density at radius 2 is 1.60 bits per heavy atom. The molecule has 2 unspecified atom stereocenters. The van der Waals surface area contributed by atoms with E-state index in [9.17, 15) is 13.2 Å². The summed E-state index contributed by atoms with van der Waals surface area (Å²) in [7, 11) is -3.84. The topological polar surface area (TPSA) is 81.8 Å². The largest absolute Gasteiger partial charge is 0.333 e. The molecule has 1 radical (unpaired) electrons. The molecule has 1 aromatic rings. The van der Waals surface area contributed by atoms with Crippen LogP contribution in [0.3, 0.4) is 0 Å². The number of benzene rings is 1. The zero-order chi connectivity index (χ0) is 20.2. The molecule has 2 aliphatic heterocycles. The second kappa shape index (κ2) is 9.09. The van der Waals surface area contributed by atoms with E-state index in [4.69, 9.17) is 0 Å². The summed E-state index contributed by atoms with van der Waals surface area (Å²) in [4.78, 5) is 15.1. The van der Waals surface area contributed by atoms with Gasteiger partial charge in [0.15, 0.2) is 0 Å². The van der Waals surface area contributed by atoms with Crippen molar-refractivity contribution in [2.75, 3.05) is 25.0 Å². The van der Waals surface area contributed by atoms with Gasteiger partial charge in [-0.05, 0) is 80.2 Å². The van der Waals surface area contributed by atoms with Gasteiger partial charge in [0.2, 0.25) is 0 Å². The third-order valence-corrected chi connectivity index (χ3v) is 8.66. The molecule has 2 saturated heterocycles. The molecule has 7 nitrogen and oxygen atoms in total. The Bertz CT molecular complexity index is 906. The van der Waals surface area contributed by atoms with Crippen LogP contribution in [-0.2, 0) is 35.9 Å². The summed E-state index contributed by atoms with van der Waals surface area (Å²) < 4.78 is 29.6. The molecular weight excluding hydrogens is 427 g/mol. The predicted molar refractivity (Wildman–Crippen MR) is 118 cm³/mol. The molecule has 2 heterocycles. The molecule has 2 atom stereocenters. The van der Waals surface area contributed by atoms with Crippen LogP contribution in [-0.4, -0.2) is 107 Å². The number of amides is 2. The molecule has 159 valence electrons. The van der Waals surface area contributed by atoms with Crippen molar-refractivity contribution in [2.24, 2.45) is 0 Å². The summed E-state index contributed by atoms with van der Waals surface area (Å²) in [5, 5.41) is 2.93. The number of aryl methyl sites for hydroxylation is 2. The van der Waals surface area contributed by atoms with Crippen molar-refractivity contribution >= 4 is 73.3 Å². The van der Waals surface area contributed by atoms with Crippen LogP contribution in [0, 0.1) is 0 Å². The molecule has 2 N–H and O–H groups in total. The van der Waals surface area contributed by atoms with Crippen LogP contribution in [0.15, 0.2) is 6.07 Å². The van der Waals surface area contributed by atoms with Gasteiger partial charge < -0.3 is 5.32 Å². The number of hydrogen-bond donors (Lipinski definition) is 2. The number of carbonyl (C=O) groups excluding carboxylic acids is 1.